The van der Waals surface area contributed by atoms with Gasteiger partial charge in [-0.05, 0) is 13.3 Å². The van der Waals surface area contributed by atoms with Crippen LogP contribution in [0, 0.1) is 0 Å². The Labute approximate surface area is 126 Å². The molecular formula is C11H24O8S2. The summed E-state index contributed by atoms with van der Waals surface area (Å²) in [4.78, 5) is 0. The van der Waals surface area contributed by atoms with Gasteiger partial charge in [0.15, 0.2) is 0 Å². The average molecular weight is 348 g/mol. The molecule has 0 saturated carbocycles. The smallest absolute Gasteiger partial charge is 0.264 e. The Bertz CT molecular complexity index is 470. The maximum Gasteiger partial charge on any atom is 0.397 e. The van der Waals surface area contributed by atoms with Crippen LogP contribution in [-0.4, -0.2) is 38.1 Å². The molecule has 0 bridgehead atoms. The van der Waals surface area contributed by atoms with Crippen LogP contribution in [0.1, 0.15) is 58.8 Å². The summed E-state index contributed by atoms with van der Waals surface area (Å²) in [5.41, 5.74) is 0. The molecule has 0 aliphatic heterocycles. The lowest BCUT2D eigenvalue weighted by Crippen LogP contribution is -2.33. The molecule has 0 aliphatic rings. The predicted octanol–water partition coefficient (Wildman–Crippen LogP) is 2.13. The first-order chi connectivity index (χ1) is 9.55. The highest BCUT2D eigenvalue weighted by Crippen LogP contribution is 2.17. The van der Waals surface area contributed by atoms with Gasteiger partial charge < -0.3 is 0 Å². The molecule has 2 unspecified atom stereocenters. The summed E-state index contributed by atoms with van der Waals surface area (Å²) in [6, 6.07) is 0. The molecule has 0 amide bonds. The molecule has 21 heavy (non-hydrogen) atoms. The fourth-order valence-corrected chi connectivity index (χ4v) is 2.97. The zero-order chi connectivity index (χ0) is 16.5. The fraction of sp³-hybridized carbons (Fsp3) is 1.00. The van der Waals surface area contributed by atoms with Crippen molar-refractivity contribution < 1.29 is 34.3 Å². The summed E-state index contributed by atoms with van der Waals surface area (Å²) < 4.78 is 68.7. The normalized spacial score (nSPS) is 15.8. The summed E-state index contributed by atoms with van der Waals surface area (Å²) in [5, 5.41) is 0. The molecule has 0 aliphatic carbocycles. The van der Waals surface area contributed by atoms with Gasteiger partial charge in [0.2, 0.25) is 0 Å². The molecule has 0 radical (unpaired) electrons. The average Bonchev–Trinajstić information content (AvgIpc) is 2.28. The molecule has 0 aromatic rings. The molecule has 8 nitrogen and oxygen atoms in total. The summed E-state index contributed by atoms with van der Waals surface area (Å²) in [6.45, 7) is 3.32. The van der Waals surface area contributed by atoms with E-state index in [1.54, 1.807) is 0 Å². The van der Waals surface area contributed by atoms with E-state index in [0.29, 0.717) is 6.42 Å². The predicted molar refractivity (Wildman–Crippen MR) is 76.5 cm³/mol. The van der Waals surface area contributed by atoms with Crippen molar-refractivity contribution in [2.75, 3.05) is 0 Å². The van der Waals surface area contributed by atoms with Crippen molar-refractivity contribution in [3.8, 4) is 0 Å². The highest BCUT2D eigenvalue weighted by molar-refractivity contribution is 7.81. The molecule has 10 heteroatoms. The lowest BCUT2D eigenvalue weighted by Gasteiger charge is -2.21. The van der Waals surface area contributed by atoms with Crippen molar-refractivity contribution in [3.63, 3.8) is 0 Å². The van der Waals surface area contributed by atoms with E-state index in [0.717, 1.165) is 32.1 Å². The number of hydrogen-bond acceptors (Lipinski definition) is 6. The minimum absolute atomic E-state index is 0.183. The third-order valence-electron chi connectivity index (χ3n) is 2.88. The van der Waals surface area contributed by atoms with Crippen LogP contribution in [0.2, 0.25) is 0 Å². The van der Waals surface area contributed by atoms with Crippen LogP contribution in [-0.2, 0) is 29.2 Å². The van der Waals surface area contributed by atoms with E-state index in [1.165, 1.54) is 6.92 Å². The molecule has 0 rings (SSSR count). The second-order valence-electron chi connectivity index (χ2n) is 4.85. The van der Waals surface area contributed by atoms with Crippen LogP contribution in [0.15, 0.2) is 0 Å². The van der Waals surface area contributed by atoms with Crippen LogP contribution < -0.4 is 0 Å². The van der Waals surface area contributed by atoms with E-state index in [-0.39, 0.29) is 6.42 Å². The monoisotopic (exact) mass is 348 g/mol. The Kier molecular flexibility index (Phi) is 9.58. The molecule has 0 spiro atoms. The molecule has 0 aromatic heterocycles. The van der Waals surface area contributed by atoms with Gasteiger partial charge in [-0.25, -0.2) is 8.37 Å². The third kappa shape index (κ3) is 13.1. The van der Waals surface area contributed by atoms with E-state index < -0.39 is 33.0 Å². The zero-order valence-corrected chi connectivity index (χ0v) is 13.9. The van der Waals surface area contributed by atoms with Gasteiger partial charge in [0.25, 0.3) is 0 Å². The lowest BCUT2D eigenvalue weighted by atomic mass is 10.0. The number of hydrogen-bond donors (Lipinski definition) is 2. The molecule has 2 N–H and O–H groups in total. The van der Waals surface area contributed by atoms with Crippen molar-refractivity contribution >= 4 is 20.8 Å². The van der Waals surface area contributed by atoms with Crippen LogP contribution in [0.5, 0.6) is 0 Å². The van der Waals surface area contributed by atoms with Crippen LogP contribution in [0.3, 0.4) is 0 Å². The quantitative estimate of drug-likeness (QED) is 0.405. The summed E-state index contributed by atoms with van der Waals surface area (Å²) in [5.74, 6) is 0. The second kappa shape index (κ2) is 9.70. The highest BCUT2D eigenvalue weighted by Gasteiger charge is 2.27. The van der Waals surface area contributed by atoms with Gasteiger partial charge in [0, 0.05) is 0 Å². The van der Waals surface area contributed by atoms with E-state index in [2.05, 4.69) is 15.3 Å². The van der Waals surface area contributed by atoms with E-state index in [4.69, 9.17) is 9.11 Å². The van der Waals surface area contributed by atoms with Crippen molar-refractivity contribution in [1.29, 1.82) is 0 Å². The topological polar surface area (TPSA) is 127 Å². The first-order valence-electron chi connectivity index (χ1n) is 6.86. The van der Waals surface area contributed by atoms with Gasteiger partial charge in [-0.15, -0.1) is 0 Å². The maximum atomic E-state index is 10.8. The Hall–Kier alpha value is -0.260. The summed E-state index contributed by atoms with van der Waals surface area (Å²) >= 11 is 0. The molecular weight excluding hydrogens is 324 g/mol. The summed E-state index contributed by atoms with van der Waals surface area (Å²) in [7, 11) is -9.45. The summed E-state index contributed by atoms with van der Waals surface area (Å²) in [6.07, 6.45) is 3.43. The van der Waals surface area contributed by atoms with Crippen LogP contribution in [0.4, 0.5) is 0 Å². The highest BCUT2D eigenvalue weighted by atomic mass is 32.3. The molecule has 0 heterocycles. The minimum Gasteiger partial charge on any atom is -0.264 e. The Morgan fingerprint density at radius 3 is 1.81 bits per heavy atom. The van der Waals surface area contributed by atoms with Gasteiger partial charge in [-0.2, -0.15) is 16.8 Å². The van der Waals surface area contributed by atoms with Gasteiger partial charge >= 0.3 is 20.8 Å². The van der Waals surface area contributed by atoms with Crippen molar-refractivity contribution in [1.82, 2.24) is 0 Å². The number of rotatable bonds is 12. The van der Waals surface area contributed by atoms with Gasteiger partial charge in [0.05, 0.1) is 0 Å². The van der Waals surface area contributed by atoms with Crippen molar-refractivity contribution in [3.05, 3.63) is 0 Å². The lowest BCUT2D eigenvalue weighted by molar-refractivity contribution is 0.0501. The second-order valence-corrected chi connectivity index (χ2v) is 6.94. The van der Waals surface area contributed by atoms with Crippen LogP contribution >= 0.6 is 0 Å². The Morgan fingerprint density at radius 2 is 1.33 bits per heavy atom. The van der Waals surface area contributed by atoms with Gasteiger partial charge in [-0.1, -0.05) is 45.4 Å². The minimum atomic E-state index is -4.73. The first kappa shape index (κ1) is 20.7. The standard InChI is InChI=1S/C11H24O8S2/c1-3-4-5-6-7-8-9-11(19-21(15,16)17)10(2)18-20(12,13)14/h10-11H,3-9H2,1-2H3,(H,12,13,14)(H,15,16,17). The molecule has 2 atom stereocenters. The SMILES string of the molecule is CCCCCCCCC(OS(=O)(=O)O)C(C)OS(=O)(=O)O. The largest absolute Gasteiger partial charge is 0.397 e. The van der Waals surface area contributed by atoms with Crippen molar-refractivity contribution in [2.45, 2.75) is 71.0 Å². The first-order valence-corrected chi connectivity index (χ1v) is 9.59. The molecule has 0 aromatic carbocycles. The van der Waals surface area contributed by atoms with E-state index >= 15 is 0 Å². The van der Waals surface area contributed by atoms with E-state index in [1.807, 2.05) is 0 Å². The number of unbranched alkanes of at least 4 members (excludes halogenated alkanes) is 5. The Balaban J connectivity index is 4.40. The molecule has 0 saturated heterocycles. The van der Waals surface area contributed by atoms with E-state index in [9.17, 15) is 16.8 Å². The third-order valence-corrected chi connectivity index (χ3v) is 3.92. The van der Waals surface area contributed by atoms with Gasteiger partial charge in [0.1, 0.15) is 12.2 Å². The maximum absolute atomic E-state index is 10.8. The van der Waals surface area contributed by atoms with Crippen molar-refractivity contribution in [2.24, 2.45) is 0 Å². The van der Waals surface area contributed by atoms with Gasteiger partial charge in [-0.3, -0.25) is 9.11 Å². The fourth-order valence-electron chi connectivity index (χ4n) is 1.90. The zero-order valence-electron chi connectivity index (χ0n) is 12.3. The molecule has 0 fully saturated rings. The Morgan fingerprint density at radius 1 is 0.857 bits per heavy atom. The van der Waals surface area contributed by atoms with Crippen LogP contribution in [0.25, 0.3) is 0 Å². The molecule has 128 valence electrons.